The van der Waals surface area contributed by atoms with Gasteiger partial charge in [0.05, 0.1) is 7.11 Å². The van der Waals surface area contributed by atoms with Crippen LogP contribution in [0, 0.1) is 23.8 Å². The summed E-state index contributed by atoms with van der Waals surface area (Å²) in [5.74, 6) is 1.01. The number of ketones is 1. The predicted molar refractivity (Wildman–Crippen MR) is 187 cm³/mol. The van der Waals surface area contributed by atoms with Crippen molar-refractivity contribution in [2.75, 3.05) is 7.11 Å². The number of rotatable bonds is 3. The molecule has 0 spiro atoms. The van der Waals surface area contributed by atoms with Crippen LogP contribution in [-0.2, 0) is 30.3 Å². The Labute approximate surface area is 287 Å². The van der Waals surface area contributed by atoms with Crippen molar-refractivity contribution in [1.82, 2.24) is 4.98 Å². The van der Waals surface area contributed by atoms with E-state index >= 15 is 0 Å². The Morgan fingerprint density at radius 2 is 1.48 bits per heavy atom. The van der Waals surface area contributed by atoms with Crippen molar-refractivity contribution in [2.45, 2.75) is 67.7 Å². The quantitative estimate of drug-likeness (QED) is 0.0856. The van der Waals surface area contributed by atoms with Crippen LogP contribution in [-0.4, -0.2) is 23.0 Å². The number of ether oxygens (including phenoxy) is 1. The van der Waals surface area contributed by atoms with Crippen molar-refractivity contribution in [3.8, 4) is 28.1 Å². The minimum absolute atomic E-state index is 0. The molecular weight excluding hydrogens is 747 g/mol. The Morgan fingerprint density at radius 3 is 2.11 bits per heavy atom. The molecule has 6 rings (SSSR count). The van der Waals surface area contributed by atoms with Crippen LogP contribution in [0.1, 0.15) is 72.1 Å². The summed E-state index contributed by atoms with van der Waals surface area (Å²) in [4.78, 5) is 16.2. The Bertz CT molecular complexity index is 1970. The van der Waals surface area contributed by atoms with Gasteiger partial charge in [-0.3, -0.25) is 4.79 Å². The van der Waals surface area contributed by atoms with Crippen molar-refractivity contribution in [1.29, 1.82) is 0 Å². The zero-order chi connectivity index (χ0) is 32.9. The minimum Gasteiger partial charge on any atom is -0.512 e. The van der Waals surface area contributed by atoms with Crippen molar-refractivity contribution in [3.05, 3.63) is 108 Å². The van der Waals surface area contributed by atoms with E-state index in [0.717, 1.165) is 22.4 Å². The van der Waals surface area contributed by atoms with Crippen molar-refractivity contribution in [3.63, 3.8) is 0 Å². The van der Waals surface area contributed by atoms with E-state index in [9.17, 15) is 9.90 Å². The Balaban J connectivity index is 0.000000295. The van der Waals surface area contributed by atoms with Gasteiger partial charge >= 0.3 is 0 Å². The zero-order valence-corrected chi connectivity index (χ0v) is 30.9. The summed E-state index contributed by atoms with van der Waals surface area (Å²) in [6.45, 7) is 17.9. The number of aromatic nitrogens is 1. The van der Waals surface area contributed by atoms with Crippen molar-refractivity contribution in [2.24, 2.45) is 10.8 Å². The zero-order valence-electron chi connectivity index (χ0n) is 28.5. The number of aryl methyl sites for hydroxylation is 1. The summed E-state index contributed by atoms with van der Waals surface area (Å²) >= 11 is 0. The van der Waals surface area contributed by atoms with Crippen LogP contribution in [0.3, 0.4) is 0 Å². The van der Waals surface area contributed by atoms with E-state index in [2.05, 4.69) is 87.5 Å². The molecule has 0 amide bonds. The monoisotopic (exact) mass is 791 g/mol. The number of hydrogen-bond acceptors (Lipinski definition) is 4. The number of methoxy groups -OCH3 is 1. The number of carbonyl (C=O) groups is 1. The molecular formula is C41H44IrNO3-. The molecule has 1 aliphatic rings. The first-order valence-corrected chi connectivity index (χ1v) is 15.5. The molecule has 0 bridgehead atoms. The molecule has 0 aliphatic heterocycles. The summed E-state index contributed by atoms with van der Waals surface area (Å²) in [6, 6.07) is 27.2. The second kappa shape index (κ2) is 12.8. The van der Waals surface area contributed by atoms with E-state index in [1.807, 2.05) is 53.8 Å². The van der Waals surface area contributed by atoms with Crippen LogP contribution in [0.2, 0.25) is 0 Å². The standard InChI is InChI=1S/C30H24NO.C11H20O2.Ir/c1-18-6-5-7-19(16-18)29-26-13-12-24-21(22(26)14-15-31-29)10-11-25-23-9-8-20(32-4)17-27(23)30(2,3)28(24)25;1-10(2,3)8(12)7-9(13)11(4,5)6;/h5-6,8-17H,1-4H3;7,12H,1-6H3;/q-1;;/b;8-7-;. The summed E-state index contributed by atoms with van der Waals surface area (Å²) in [7, 11) is 1.73. The van der Waals surface area contributed by atoms with Crippen LogP contribution >= 0.6 is 0 Å². The van der Waals surface area contributed by atoms with Gasteiger partial charge in [-0.25, -0.2) is 0 Å². The largest absolute Gasteiger partial charge is 0.512 e. The van der Waals surface area contributed by atoms with Crippen LogP contribution in [0.4, 0.5) is 0 Å². The van der Waals surface area contributed by atoms with Crippen LogP contribution < -0.4 is 4.74 Å². The molecule has 0 fully saturated rings. The molecule has 0 atom stereocenters. The summed E-state index contributed by atoms with van der Waals surface area (Å²) in [5.41, 5.74) is 7.71. The first-order valence-electron chi connectivity index (χ1n) is 15.5. The normalized spacial score (nSPS) is 13.7. The topological polar surface area (TPSA) is 59.4 Å². The Hall–Kier alpha value is -3.79. The van der Waals surface area contributed by atoms with Crippen molar-refractivity contribution < 1.29 is 34.7 Å². The summed E-state index contributed by atoms with van der Waals surface area (Å²) < 4.78 is 5.53. The number of nitrogens with zero attached hydrogens (tertiary/aromatic N) is 1. The molecule has 241 valence electrons. The molecule has 5 heteroatoms. The smallest absolute Gasteiger partial charge is 0.164 e. The third kappa shape index (κ3) is 6.54. The Morgan fingerprint density at radius 1 is 0.848 bits per heavy atom. The fraction of sp³-hybridized carbons (Fsp3) is 0.317. The molecule has 1 heterocycles. The maximum atomic E-state index is 11.5. The van der Waals surface area contributed by atoms with Gasteiger partial charge in [-0.05, 0) is 67.7 Å². The number of hydrogen-bond donors (Lipinski definition) is 1. The van der Waals surface area contributed by atoms with Gasteiger partial charge in [-0.1, -0.05) is 92.6 Å². The van der Waals surface area contributed by atoms with Crippen LogP contribution in [0.25, 0.3) is 43.9 Å². The van der Waals surface area contributed by atoms with Crippen LogP contribution in [0.5, 0.6) is 5.75 Å². The maximum absolute atomic E-state index is 11.5. The first kappa shape index (κ1) is 35.1. The number of carbonyl (C=O) groups excluding carboxylic acids is 1. The predicted octanol–water partition coefficient (Wildman–Crippen LogP) is 10.6. The number of fused-ring (bicyclic) bond motifs is 7. The molecule has 0 unspecified atom stereocenters. The third-order valence-corrected chi connectivity index (χ3v) is 8.75. The van der Waals surface area contributed by atoms with Gasteiger partial charge in [-0.2, -0.15) is 0 Å². The van der Waals surface area contributed by atoms with Gasteiger partial charge in [0, 0.05) is 48.6 Å². The minimum atomic E-state index is -0.417. The van der Waals surface area contributed by atoms with Gasteiger partial charge in [0.2, 0.25) is 0 Å². The van der Waals surface area contributed by atoms with E-state index in [4.69, 9.17) is 9.72 Å². The summed E-state index contributed by atoms with van der Waals surface area (Å²) in [6.07, 6.45) is 3.26. The van der Waals surface area contributed by atoms with Gasteiger partial charge in [-0.15, -0.1) is 35.4 Å². The second-order valence-corrected chi connectivity index (χ2v) is 14.6. The van der Waals surface area contributed by atoms with E-state index in [0.29, 0.717) is 0 Å². The molecule has 0 saturated heterocycles. The van der Waals surface area contributed by atoms with Gasteiger partial charge in [0.25, 0.3) is 0 Å². The average molecular weight is 791 g/mol. The first-order chi connectivity index (χ1) is 21.0. The molecule has 0 saturated carbocycles. The molecule has 4 aromatic carbocycles. The number of benzene rings is 4. The molecule has 4 nitrogen and oxygen atoms in total. The molecule has 1 aromatic heterocycles. The number of aliphatic hydroxyl groups is 1. The van der Waals surface area contributed by atoms with Gasteiger partial charge in [0.15, 0.2) is 5.78 Å². The van der Waals surface area contributed by atoms with E-state index in [1.165, 1.54) is 50.1 Å². The molecule has 1 aliphatic carbocycles. The van der Waals surface area contributed by atoms with E-state index in [1.54, 1.807) is 7.11 Å². The molecule has 46 heavy (non-hydrogen) atoms. The van der Waals surface area contributed by atoms with Crippen LogP contribution in [0.15, 0.2) is 84.8 Å². The maximum Gasteiger partial charge on any atom is 0.164 e. The van der Waals surface area contributed by atoms with E-state index < -0.39 is 5.41 Å². The summed E-state index contributed by atoms with van der Waals surface area (Å²) in [5, 5.41) is 14.5. The SMILES string of the molecule is CC(C)(C)C(=O)/C=C(\O)C(C)(C)C.COc1ccc2c(c1)C(C)(C)c1c-2ccc2c1ccc1c(-c3[c-]ccc(C)c3)nccc12.[Ir]. The average Bonchev–Trinajstić information content (AvgIpc) is 3.21. The van der Waals surface area contributed by atoms with Gasteiger partial charge < -0.3 is 14.8 Å². The van der Waals surface area contributed by atoms with Crippen molar-refractivity contribution >= 4 is 27.3 Å². The number of pyridine rings is 1. The second-order valence-electron chi connectivity index (χ2n) is 14.6. The molecule has 1 radical (unpaired) electrons. The number of aliphatic hydroxyl groups excluding tert-OH is 1. The fourth-order valence-electron chi connectivity index (χ4n) is 5.99. The fourth-order valence-corrected chi connectivity index (χ4v) is 5.99. The Kier molecular flexibility index (Phi) is 9.74. The van der Waals surface area contributed by atoms with Gasteiger partial charge in [0.1, 0.15) is 11.5 Å². The molecule has 1 N–H and O–H groups in total. The third-order valence-electron chi connectivity index (χ3n) is 8.75. The molecule has 5 aromatic rings. The van der Waals surface area contributed by atoms with E-state index in [-0.39, 0.29) is 42.5 Å². The number of allylic oxidation sites excluding steroid dienone is 2.